The van der Waals surface area contributed by atoms with Crippen molar-refractivity contribution in [3.8, 4) is 0 Å². The first-order valence-electron chi connectivity index (χ1n) is 4.05. The molecule has 0 radical (unpaired) electrons. The van der Waals surface area contributed by atoms with Gasteiger partial charge in [0.05, 0.1) is 12.7 Å². The Morgan fingerprint density at radius 1 is 1.57 bits per heavy atom. The molecule has 0 spiro atoms. The molecule has 0 bridgehead atoms. The highest BCUT2D eigenvalue weighted by Gasteiger charge is 2.08. The number of fused-ring (bicyclic) bond motifs is 1. The average Bonchev–Trinajstić information content (AvgIpc) is 2.54. The summed E-state index contributed by atoms with van der Waals surface area (Å²) in [7, 11) is 1.73. The van der Waals surface area contributed by atoms with Crippen molar-refractivity contribution in [3.63, 3.8) is 0 Å². The Morgan fingerprint density at radius 3 is 3.07 bits per heavy atom. The van der Waals surface area contributed by atoms with E-state index in [1.165, 1.54) is 15.6 Å². The summed E-state index contributed by atoms with van der Waals surface area (Å²) in [5.41, 5.74) is 0.364. The van der Waals surface area contributed by atoms with Gasteiger partial charge in [-0.3, -0.25) is 4.79 Å². The van der Waals surface area contributed by atoms with E-state index in [4.69, 9.17) is 0 Å². The number of hydrogen-bond donors (Lipinski definition) is 0. The van der Waals surface area contributed by atoms with Crippen molar-refractivity contribution in [1.29, 1.82) is 0 Å². The van der Waals surface area contributed by atoms with Crippen LogP contribution in [0.15, 0.2) is 11.0 Å². The molecule has 0 aliphatic rings. The van der Waals surface area contributed by atoms with Crippen molar-refractivity contribution in [2.24, 2.45) is 7.05 Å². The monoisotopic (exact) mass is 257 g/mol. The first-order valence-corrected chi connectivity index (χ1v) is 5.17. The van der Waals surface area contributed by atoms with Crippen molar-refractivity contribution >= 4 is 27.0 Å². The summed E-state index contributed by atoms with van der Waals surface area (Å²) in [4.78, 5) is 11.7. The molecule has 7 heteroatoms. The van der Waals surface area contributed by atoms with Crippen molar-refractivity contribution in [1.82, 2.24) is 24.8 Å². The summed E-state index contributed by atoms with van der Waals surface area (Å²) in [5.74, 6) is 0. The number of rotatable bonds is 2. The standard InChI is InChI=1S/C7H8BrN5O/c1-12-6-5(4-9-12)7(14)13(3-2-8)11-10-6/h4H,2-3H2,1H3. The predicted octanol–water partition coefficient (Wildman–Crippen LogP) is -0.0801. The molecule has 14 heavy (non-hydrogen) atoms. The summed E-state index contributed by atoms with van der Waals surface area (Å²) in [5, 5.41) is 12.8. The molecule has 74 valence electrons. The lowest BCUT2D eigenvalue weighted by molar-refractivity contribution is 0.582. The van der Waals surface area contributed by atoms with Gasteiger partial charge < -0.3 is 0 Å². The molecule has 0 aliphatic carbocycles. The lowest BCUT2D eigenvalue weighted by Crippen LogP contribution is -2.24. The fourth-order valence-electron chi connectivity index (χ4n) is 1.20. The van der Waals surface area contributed by atoms with Gasteiger partial charge in [0.15, 0.2) is 5.65 Å². The minimum Gasteiger partial charge on any atom is -0.267 e. The highest BCUT2D eigenvalue weighted by atomic mass is 79.9. The fraction of sp³-hybridized carbons (Fsp3) is 0.429. The van der Waals surface area contributed by atoms with Gasteiger partial charge >= 0.3 is 0 Å². The summed E-state index contributed by atoms with van der Waals surface area (Å²) in [6.45, 7) is 0.511. The summed E-state index contributed by atoms with van der Waals surface area (Å²) >= 11 is 3.24. The summed E-state index contributed by atoms with van der Waals surface area (Å²) in [6, 6.07) is 0. The van der Waals surface area contributed by atoms with E-state index in [1.54, 1.807) is 7.05 Å². The van der Waals surface area contributed by atoms with Gasteiger partial charge in [0.1, 0.15) is 5.39 Å². The van der Waals surface area contributed by atoms with Gasteiger partial charge in [-0.2, -0.15) is 5.10 Å². The van der Waals surface area contributed by atoms with E-state index in [-0.39, 0.29) is 5.56 Å². The lowest BCUT2D eigenvalue weighted by atomic mass is 10.4. The maximum absolute atomic E-state index is 11.7. The third kappa shape index (κ3) is 1.33. The number of aryl methyl sites for hydroxylation is 2. The average molecular weight is 258 g/mol. The molecular weight excluding hydrogens is 250 g/mol. The van der Waals surface area contributed by atoms with Crippen LogP contribution in [0.4, 0.5) is 0 Å². The van der Waals surface area contributed by atoms with Crippen molar-refractivity contribution in [2.45, 2.75) is 6.54 Å². The van der Waals surface area contributed by atoms with Gasteiger partial charge in [-0.05, 0) is 0 Å². The second-order valence-corrected chi connectivity index (χ2v) is 3.61. The molecule has 0 unspecified atom stereocenters. The van der Waals surface area contributed by atoms with Crippen LogP contribution in [0.5, 0.6) is 0 Å². The minimum absolute atomic E-state index is 0.150. The Balaban J connectivity index is 2.70. The van der Waals surface area contributed by atoms with Crippen LogP contribution in [0.2, 0.25) is 0 Å². The van der Waals surface area contributed by atoms with Gasteiger partial charge in [0.25, 0.3) is 5.56 Å². The molecule has 2 aromatic heterocycles. The van der Waals surface area contributed by atoms with Crippen LogP contribution < -0.4 is 5.56 Å². The second-order valence-electron chi connectivity index (χ2n) is 2.81. The smallest absolute Gasteiger partial charge is 0.267 e. The van der Waals surface area contributed by atoms with Gasteiger partial charge in [-0.1, -0.05) is 21.1 Å². The Bertz CT molecular complexity index is 516. The van der Waals surface area contributed by atoms with Crippen LogP contribution in [-0.4, -0.2) is 30.1 Å². The SMILES string of the molecule is Cn1ncc2c(=O)n(CCBr)nnc21. The first kappa shape index (κ1) is 9.32. The predicted molar refractivity (Wildman–Crippen MR) is 54.4 cm³/mol. The Hall–Kier alpha value is -1.24. The van der Waals surface area contributed by atoms with Crippen LogP contribution in [0.1, 0.15) is 0 Å². The number of halogens is 1. The minimum atomic E-state index is -0.150. The lowest BCUT2D eigenvalue weighted by Gasteiger charge is -1.99. The summed E-state index contributed by atoms with van der Waals surface area (Å²) < 4.78 is 2.85. The van der Waals surface area contributed by atoms with Crippen LogP contribution in [0, 0.1) is 0 Å². The molecule has 0 aliphatic heterocycles. The third-order valence-corrected chi connectivity index (χ3v) is 2.27. The van der Waals surface area contributed by atoms with Crippen LogP contribution in [0.3, 0.4) is 0 Å². The zero-order valence-corrected chi connectivity index (χ0v) is 9.10. The van der Waals surface area contributed by atoms with Gasteiger partial charge in [0.2, 0.25) is 0 Å². The second kappa shape index (κ2) is 3.49. The number of alkyl halides is 1. The maximum Gasteiger partial charge on any atom is 0.280 e. The number of nitrogens with zero attached hydrogens (tertiary/aromatic N) is 5. The van der Waals surface area contributed by atoms with E-state index in [1.807, 2.05) is 0 Å². The van der Waals surface area contributed by atoms with Crippen molar-refractivity contribution in [3.05, 3.63) is 16.6 Å². The Morgan fingerprint density at radius 2 is 2.36 bits per heavy atom. The van der Waals surface area contributed by atoms with Gasteiger partial charge in [-0.15, -0.1) is 5.10 Å². The number of aromatic nitrogens is 5. The zero-order valence-electron chi connectivity index (χ0n) is 7.51. The van der Waals surface area contributed by atoms with Crippen LogP contribution >= 0.6 is 15.9 Å². The Kier molecular flexibility index (Phi) is 2.32. The fourth-order valence-corrected chi connectivity index (χ4v) is 1.54. The zero-order chi connectivity index (χ0) is 10.1. The largest absolute Gasteiger partial charge is 0.280 e. The van der Waals surface area contributed by atoms with E-state index in [2.05, 4.69) is 31.3 Å². The van der Waals surface area contributed by atoms with E-state index < -0.39 is 0 Å². The highest BCUT2D eigenvalue weighted by Crippen LogP contribution is 2.01. The van der Waals surface area contributed by atoms with E-state index in [0.29, 0.717) is 22.9 Å². The molecule has 0 fully saturated rings. The van der Waals surface area contributed by atoms with E-state index >= 15 is 0 Å². The van der Waals surface area contributed by atoms with Gasteiger partial charge in [-0.25, -0.2) is 9.36 Å². The van der Waals surface area contributed by atoms with E-state index in [9.17, 15) is 4.79 Å². The normalized spacial score (nSPS) is 11.0. The number of hydrogen-bond acceptors (Lipinski definition) is 4. The maximum atomic E-state index is 11.7. The van der Waals surface area contributed by atoms with Crippen molar-refractivity contribution < 1.29 is 0 Å². The van der Waals surface area contributed by atoms with Gasteiger partial charge in [0, 0.05) is 12.4 Å². The molecule has 6 nitrogen and oxygen atoms in total. The molecule has 0 amide bonds. The molecule has 2 aromatic rings. The molecule has 0 saturated carbocycles. The molecular formula is C7H8BrN5O. The molecule has 0 saturated heterocycles. The van der Waals surface area contributed by atoms with Crippen LogP contribution in [0.25, 0.3) is 11.0 Å². The summed E-state index contributed by atoms with van der Waals surface area (Å²) in [6.07, 6.45) is 1.51. The Labute approximate surface area is 87.7 Å². The topological polar surface area (TPSA) is 65.6 Å². The molecule has 0 atom stereocenters. The molecule has 0 aromatic carbocycles. The first-order chi connectivity index (χ1) is 6.74. The third-order valence-electron chi connectivity index (χ3n) is 1.92. The van der Waals surface area contributed by atoms with Crippen molar-refractivity contribution in [2.75, 3.05) is 5.33 Å². The van der Waals surface area contributed by atoms with E-state index in [0.717, 1.165) is 0 Å². The van der Waals surface area contributed by atoms with Crippen LogP contribution in [-0.2, 0) is 13.6 Å². The molecule has 2 heterocycles. The highest BCUT2D eigenvalue weighted by molar-refractivity contribution is 9.09. The molecule has 2 rings (SSSR count). The quantitative estimate of drug-likeness (QED) is 0.707. The molecule has 0 N–H and O–H groups in total.